The van der Waals surface area contributed by atoms with Crippen LogP contribution in [0.4, 0.5) is 8.78 Å². The van der Waals surface area contributed by atoms with Crippen molar-refractivity contribution in [3.8, 4) is 0 Å². The van der Waals surface area contributed by atoms with Crippen LogP contribution in [0.2, 0.25) is 0 Å². The molecule has 0 bridgehead atoms. The highest BCUT2D eigenvalue weighted by Crippen LogP contribution is 2.09. The van der Waals surface area contributed by atoms with E-state index in [0.29, 0.717) is 19.0 Å². The molecule has 0 unspecified atom stereocenters. The lowest BCUT2D eigenvalue weighted by atomic mass is 10.2. The SMILES string of the molecule is CN(C)CCCNC(=O)CCCNC(=O)c1ccc(F)cc1F. The van der Waals surface area contributed by atoms with Gasteiger partial charge in [0.1, 0.15) is 11.6 Å². The van der Waals surface area contributed by atoms with Crippen LogP contribution in [0.15, 0.2) is 18.2 Å². The number of nitrogens with zero attached hydrogens (tertiary/aromatic N) is 1. The van der Waals surface area contributed by atoms with Crippen molar-refractivity contribution in [3.63, 3.8) is 0 Å². The van der Waals surface area contributed by atoms with Gasteiger partial charge in [0.2, 0.25) is 5.91 Å². The number of nitrogens with one attached hydrogen (secondary N) is 2. The second kappa shape index (κ2) is 9.89. The van der Waals surface area contributed by atoms with Crippen LogP contribution in [0, 0.1) is 11.6 Å². The highest BCUT2D eigenvalue weighted by atomic mass is 19.1. The molecule has 0 saturated carbocycles. The lowest BCUT2D eigenvalue weighted by molar-refractivity contribution is -0.121. The Morgan fingerprint density at radius 1 is 1.09 bits per heavy atom. The third-order valence-electron chi connectivity index (χ3n) is 3.15. The van der Waals surface area contributed by atoms with E-state index in [1.54, 1.807) is 0 Å². The van der Waals surface area contributed by atoms with E-state index in [-0.39, 0.29) is 24.4 Å². The molecule has 0 aliphatic carbocycles. The van der Waals surface area contributed by atoms with Gasteiger partial charge in [-0.15, -0.1) is 0 Å². The summed E-state index contributed by atoms with van der Waals surface area (Å²) < 4.78 is 26.2. The van der Waals surface area contributed by atoms with Crippen molar-refractivity contribution in [3.05, 3.63) is 35.4 Å². The molecule has 5 nitrogen and oxygen atoms in total. The van der Waals surface area contributed by atoms with E-state index in [9.17, 15) is 18.4 Å². The standard InChI is InChI=1S/C16H23F2N3O2/c1-21(2)10-4-9-19-15(22)5-3-8-20-16(23)13-7-6-12(17)11-14(13)18/h6-7,11H,3-5,8-10H2,1-2H3,(H,19,22)(H,20,23). The molecule has 0 atom stereocenters. The maximum atomic E-state index is 13.4. The fourth-order valence-corrected chi connectivity index (χ4v) is 1.93. The largest absolute Gasteiger partial charge is 0.356 e. The number of carbonyl (C=O) groups excluding carboxylic acids is 2. The van der Waals surface area contributed by atoms with Crippen molar-refractivity contribution in [2.75, 3.05) is 33.7 Å². The van der Waals surface area contributed by atoms with Gasteiger partial charge in [0.15, 0.2) is 0 Å². The second-order valence-corrected chi connectivity index (χ2v) is 5.49. The maximum Gasteiger partial charge on any atom is 0.254 e. The van der Waals surface area contributed by atoms with Gasteiger partial charge in [-0.2, -0.15) is 0 Å². The minimum Gasteiger partial charge on any atom is -0.356 e. The molecule has 23 heavy (non-hydrogen) atoms. The smallest absolute Gasteiger partial charge is 0.254 e. The van der Waals surface area contributed by atoms with Gasteiger partial charge >= 0.3 is 0 Å². The summed E-state index contributed by atoms with van der Waals surface area (Å²) in [6.07, 6.45) is 1.61. The molecule has 0 spiro atoms. The Labute approximate surface area is 135 Å². The molecule has 2 N–H and O–H groups in total. The van der Waals surface area contributed by atoms with Gasteiger partial charge in [-0.25, -0.2) is 8.78 Å². The zero-order valence-electron chi connectivity index (χ0n) is 13.5. The summed E-state index contributed by atoms with van der Waals surface area (Å²) in [6.45, 7) is 1.77. The molecular formula is C16H23F2N3O2. The molecule has 7 heteroatoms. The van der Waals surface area contributed by atoms with Gasteiger partial charge in [0, 0.05) is 25.6 Å². The summed E-state index contributed by atoms with van der Waals surface area (Å²) in [5, 5.41) is 5.30. The molecule has 1 aromatic carbocycles. The first kappa shape index (κ1) is 19.0. The quantitative estimate of drug-likeness (QED) is 0.677. The third kappa shape index (κ3) is 7.69. The van der Waals surface area contributed by atoms with Gasteiger partial charge < -0.3 is 15.5 Å². The predicted molar refractivity (Wildman–Crippen MR) is 84.1 cm³/mol. The molecule has 1 rings (SSSR count). The molecule has 1 aromatic rings. The van der Waals surface area contributed by atoms with E-state index in [2.05, 4.69) is 10.6 Å². The Kier molecular flexibility index (Phi) is 8.18. The number of amides is 2. The first-order valence-corrected chi connectivity index (χ1v) is 7.55. The van der Waals surface area contributed by atoms with Gasteiger partial charge in [0.05, 0.1) is 5.56 Å². The molecule has 0 fully saturated rings. The fraction of sp³-hybridized carbons (Fsp3) is 0.500. The monoisotopic (exact) mass is 327 g/mol. The molecular weight excluding hydrogens is 304 g/mol. The van der Waals surface area contributed by atoms with Crippen LogP contribution < -0.4 is 10.6 Å². The summed E-state index contributed by atoms with van der Waals surface area (Å²) in [4.78, 5) is 25.3. The summed E-state index contributed by atoms with van der Waals surface area (Å²) in [6, 6.07) is 2.78. The number of benzene rings is 1. The van der Waals surface area contributed by atoms with Gasteiger partial charge in [-0.3, -0.25) is 9.59 Å². The van der Waals surface area contributed by atoms with Crippen LogP contribution in [0.1, 0.15) is 29.6 Å². The Morgan fingerprint density at radius 3 is 2.43 bits per heavy atom. The number of carbonyl (C=O) groups is 2. The fourth-order valence-electron chi connectivity index (χ4n) is 1.93. The van der Waals surface area contributed by atoms with Crippen LogP contribution >= 0.6 is 0 Å². The lowest BCUT2D eigenvalue weighted by Crippen LogP contribution is -2.29. The number of hydrogen-bond donors (Lipinski definition) is 2. The van der Waals surface area contributed by atoms with Crippen molar-refractivity contribution in [1.82, 2.24) is 15.5 Å². The maximum absolute atomic E-state index is 13.4. The van der Waals surface area contributed by atoms with Crippen molar-refractivity contribution in [1.29, 1.82) is 0 Å². The van der Waals surface area contributed by atoms with Crippen LogP contribution in [0.3, 0.4) is 0 Å². The number of rotatable bonds is 9. The first-order chi connectivity index (χ1) is 10.9. The highest BCUT2D eigenvalue weighted by molar-refractivity contribution is 5.94. The molecule has 2 amide bonds. The zero-order chi connectivity index (χ0) is 17.2. The summed E-state index contributed by atoms with van der Waals surface area (Å²) in [5.74, 6) is -2.33. The van der Waals surface area contributed by atoms with Crippen molar-refractivity contribution in [2.45, 2.75) is 19.3 Å². The average Bonchev–Trinajstić information content (AvgIpc) is 2.47. The Bertz CT molecular complexity index is 536. The van der Waals surface area contributed by atoms with Crippen molar-refractivity contribution in [2.24, 2.45) is 0 Å². The van der Waals surface area contributed by atoms with Crippen LogP contribution in [0.5, 0.6) is 0 Å². The summed E-state index contributed by atoms with van der Waals surface area (Å²) >= 11 is 0. The summed E-state index contributed by atoms with van der Waals surface area (Å²) in [7, 11) is 3.93. The van der Waals surface area contributed by atoms with E-state index in [1.807, 2.05) is 19.0 Å². The first-order valence-electron chi connectivity index (χ1n) is 7.55. The van der Waals surface area contributed by atoms with E-state index in [4.69, 9.17) is 0 Å². The van der Waals surface area contributed by atoms with Crippen molar-refractivity contribution < 1.29 is 18.4 Å². The molecule has 0 radical (unpaired) electrons. The molecule has 128 valence electrons. The van der Waals surface area contributed by atoms with E-state index in [1.165, 1.54) is 0 Å². The van der Waals surface area contributed by atoms with Gasteiger partial charge in [-0.05, 0) is 45.6 Å². The third-order valence-corrected chi connectivity index (χ3v) is 3.15. The van der Waals surface area contributed by atoms with E-state index >= 15 is 0 Å². The Balaban J connectivity index is 2.19. The Morgan fingerprint density at radius 2 is 1.78 bits per heavy atom. The average molecular weight is 327 g/mol. The van der Waals surface area contributed by atoms with Crippen LogP contribution in [-0.2, 0) is 4.79 Å². The topological polar surface area (TPSA) is 61.4 Å². The molecule has 0 aliphatic heterocycles. The van der Waals surface area contributed by atoms with Crippen molar-refractivity contribution >= 4 is 11.8 Å². The number of halogens is 2. The lowest BCUT2D eigenvalue weighted by Gasteiger charge is -2.10. The van der Waals surface area contributed by atoms with Gasteiger partial charge in [0.25, 0.3) is 5.91 Å². The minimum absolute atomic E-state index is 0.0778. The highest BCUT2D eigenvalue weighted by Gasteiger charge is 2.12. The normalized spacial score (nSPS) is 10.7. The van der Waals surface area contributed by atoms with Gasteiger partial charge in [-0.1, -0.05) is 0 Å². The molecule has 0 heterocycles. The van der Waals surface area contributed by atoms with E-state index < -0.39 is 17.5 Å². The predicted octanol–water partition coefficient (Wildman–Crippen LogP) is 1.54. The molecule has 0 aromatic heterocycles. The summed E-state index contributed by atoms with van der Waals surface area (Å²) in [5.41, 5.74) is -0.209. The zero-order valence-corrected chi connectivity index (χ0v) is 13.5. The van der Waals surface area contributed by atoms with E-state index in [0.717, 1.165) is 25.1 Å². The number of hydrogen-bond acceptors (Lipinski definition) is 3. The molecule has 0 aliphatic rings. The Hall–Kier alpha value is -2.02. The van der Waals surface area contributed by atoms with Crippen LogP contribution in [0.25, 0.3) is 0 Å². The molecule has 0 saturated heterocycles. The van der Waals surface area contributed by atoms with Crippen LogP contribution in [-0.4, -0.2) is 50.4 Å². The second-order valence-electron chi connectivity index (χ2n) is 5.49. The minimum atomic E-state index is -0.902.